The molecule has 1 fully saturated rings. The third kappa shape index (κ3) is 4.72. The van der Waals surface area contributed by atoms with Gasteiger partial charge in [-0.3, -0.25) is 9.69 Å². The molecule has 0 aliphatic carbocycles. The zero-order valence-corrected chi connectivity index (χ0v) is 20.4. The van der Waals surface area contributed by atoms with Crippen molar-refractivity contribution in [2.24, 2.45) is 5.92 Å². The van der Waals surface area contributed by atoms with Crippen molar-refractivity contribution >= 4 is 28.4 Å². The van der Waals surface area contributed by atoms with Gasteiger partial charge in [-0.2, -0.15) is 0 Å². The number of nitrogens with one attached hydrogen (secondary N) is 1. The molecule has 34 heavy (non-hydrogen) atoms. The van der Waals surface area contributed by atoms with Gasteiger partial charge in [0.1, 0.15) is 24.8 Å². The van der Waals surface area contributed by atoms with E-state index in [2.05, 4.69) is 16.9 Å². The van der Waals surface area contributed by atoms with Crippen molar-refractivity contribution in [3.05, 3.63) is 46.7 Å². The van der Waals surface area contributed by atoms with Gasteiger partial charge in [0.25, 0.3) is 0 Å². The van der Waals surface area contributed by atoms with Gasteiger partial charge in [-0.25, -0.2) is 4.98 Å². The van der Waals surface area contributed by atoms with Gasteiger partial charge in [-0.15, -0.1) is 0 Å². The number of imidazole rings is 1. The van der Waals surface area contributed by atoms with Gasteiger partial charge in [0, 0.05) is 24.1 Å². The molecule has 0 bridgehead atoms. The van der Waals surface area contributed by atoms with E-state index in [0.717, 1.165) is 54.8 Å². The molecule has 2 aromatic carbocycles. The highest BCUT2D eigenvalue weighted by Gasteiger charge is 2.29. The predicted octanol–water partition coefficient (Wildman–Crippen LogP) is 5.43. The number of carbonyl (C=O) groups is 1. The number of hydrogen-bond acceptors (Lipinski definition) is 6. The molecule has 3 heterocycles. The van der Waals surface area contributed by atoms with E-state index in [1.807, 2.05) is 18.2 Å². The number of piperidine rings is 1. The summed E-state index contributed by atoms with van der Waals surface area (Å²) in [6.07, 6.45) is 4.46. The number of methoxy groups -OCH3 is 1. The first-order valence-corrected chi connectivity index (χ1v) is 12.3. The number of Topliss-reactive ketones (excluding diaryl/α,β-unsaturated/α-hetero) is 1. The maximum Gasteiger partial charge on any atom is 0.164 e. The molecule has 1 saturated heterocycles. The molecular formula is C26H30ClN3O4. The minimum atomic E-state index is 0.0534. The van der Waals surface area contributed by atoms with E-state index < -0.39 is 0 Å². The zero-order valence-electron chi connectivity index (χ0n) is 19.6. The molecule has 0 spiro atoms. The SMILES string of the molecule is COc1ccc2nc([C@H]3C[C@H](CCCC(=O)c4cc5c(cc4Cl)OCCO5)CCN3C)[nH]c2c1. The second-order valence-corrected chi connectivity index (χ2v) is 9.59. The van der Waals surface area contributed by atoms with Crippen LogP contribution in [0.5, 0.6) is 17.2 Å². The second-order valence-electron chi connectivity index (χ2n) is 9.18. The number of halogens is 1. The molecule has 2 atom stereocenters. The van der Waals surface area contributed by atoms with Gasteiger partial charge in [0.2, 0.25) is 0 Å². The number of benzene rings is 2. The Labute approximate surface area is 204 Å². The fourth-order valence-electron chi connectivity index (χ4n) is 5.00. The summed E-state index contributed by atoms with van der Waals surface area (Å²) in [5.74, 6) is 3.62. The molecule has 3 aromatic rings. The summed E-state index contributed by atoms with van der Waals surface area (Å²) in [5, 5.41) is 0.426. The third-order valence-electron chi connectivity index (χ3n) is 6.95. The minimum Gasteiger partial charge on any atom is -0.497 e. The van der Waals surface area contributed by atoms with Crippen molar-refractivity contribution in [2.75, 3.05) is 33.9 Å². The lowest BCUT2D eigenvalue weighted by molar-refractivity contribution is 0.0967. The van der Waals surface area contributed by atoms with Crippen LogP contribution in [0.3, 0.4) is 0 Å². The molecule has 0 amide bonds. The predicted molar refractivity (Wildman–Crippen MR) is 131 cm³/mol. The fraction of sp³-hybridized carbons (Fsp3) is 0.462. The van der Waals surface area contributed by atoms with Crippen LogP contribution in [0.25, 0.3) is 11.0 Å². The monoisotopic (exact) mass is 483 g/mol. The summed E-state index contributed by atoms with van der Waals surface area (Å²) in [5.41, 5.74) is 2.46. The molecule has 0 unspecified atom stereocenters. The summed E-state index contributed by atoms with van der Waals surface area (Å²) in [7, 11) is 3.83. The molecular weight excluding hydrogens is 454 g/mol. The number of ketones is 1. The highest BCUT2D eigenvalue weighted by Crippen LogP contribution is 2.37. The van der Waals surface area contributed by atoms with Crippen LogP contribution in [0.2, 0.25) is 5.02 Å². The highest BCUT2D eigenvalue weighted by molar-refractivity contribution is 6.34. The van der Waals surface area contributed by atoms with Crippen molar-refractivity contribution in [1.82, 2.24) is 14.9 Å². The van der Waals surface area contributed by atoms with E-state index in [4.69, 9.17) is 30.8 Å². The summed E-state index contributed by atoms with van der Waals surface area (Å²) in [6.45, 7) is 1.99. The Bertz CT molecular complexity index is 1190. The highest BCUT2D eigenvalue weighted by atomic mass is 35.5. The Balaban J connectivity index is 1.20. The fourth-order valence-corrected chi connectivity index (χ4v) is 5.25. The molecule has 180 valence electrons. The van der Waals surface area contributed by atoms with Crippen LogP contribution in [0, 0.1) is 5.92 Å². The van der Waals surface area contributed by atoms with Crippen LogP contribution >= 0.6 is 11.6 Å². The van der Waals surface area contributed by atoms with Crippen molar-refractivity contribution in [2.45, 2.75) is 38.1 Å². The zero-order chi connectivity index (χ0) is 23.7. The Morgan fingerprint density at radius 1 is 1.24 bits per heavy atom. The maximum atomic E-state index is 12.9. The van der Waals surface area contributed by atoms with Crippen molar-refractivity contribution in [3.63, 3.8) is 0 Å². The molecule has 5 rings (SSSR count). The number of carbonyl (C=O) groups excluding carboxylic acids is 1. The number of aromatic nitrogens is 2. The van der Waals surface area contributed by atoms with Crippen LogP contribution in [0.4, 0.5) is 0 Å². The first-order valence-electron chi connectivity index (χ1n) is 11.9. The van der Waals surface area contributed by atoms with Gasteiger partial charge in [-0.05, 0) is 63.4 Å². The molecule has 2 aliphatic heterocycles. The number of fused-ring (bicyclic) bond motifs is 2. The number of ether oxygens (including phenoxy) is 3. The van der Waals surface area contributed by atoms with Gasteiger partial charge >= 0.3 is 0 Å². The minimum absolute atomic E-state index is 0.0534. The number of hydrogen-bond donors (Lipinski definition) is 1. The molecule has 8 heteroatoms. The topological polar surface area (TPSA) is 76.7 Å². The summed E-state index contributed by atoms with van der Waals surface area (Å²) < 4.78 is 16.5. The summed E-state index contributed by atoms with van der Waals surface area (Å²) >= 11 is 6.36. The van der Waals surface area contributed by atoms with Gasteiger partial charge in [0.05, 0.1) is 29.2 Å². The Morgan fingerprint density at radius 2 is 2.03 bits per heavy atom. The first-order chi connectivity index (χ1) is 16.5. The lowest BCUT2D eigenvalue weighted by Crippen LogP contribution is -2.34. The average molecular weight is 484 g/mol. The largest absolute Gasteiger partial charge is 0.497 e. The van der Waals surface area contributed by atoms with Crippen LogP contribution < -0.4 is 14.2 Å². The average Bonchev–Trinajstić information content (AvgIpc) is 3.27. The molecule has 0 radical (unpaired) electrons. The van der Waals surface area contributed by atoms with Crippen LogP contribution in [0.1, 0.15) is 54.3 Å². The third-order valence-corrected chi connectivity index (χ3v) is 7.26. The molecule has 1 N–H and O–H groups in total. The number of likely N-dealkylation sites (tertiary alicyclic amines) is 1. The van der Waals surface area contributed by atoms with Crippen molar-refractivity contribution in [1.29, 1.82) is 0 Å². The Morgan fingerprint density at radius 3 is 2.82 bits per heavy atom. The van der Waals surface area contributed by atoms with E-state index in [9.17, 15) is 4.79 Å². The van der Waals surface area contributed by atoms with Crippen molar-refractivity contribution in [3.8, 4) is 17.2 Å². The standard InChI is InChI=1S/C26H30ClN3O4/c1-30-9-8-16(12-22(30)26-28-20-7-6-17(32-2)13-21(20)29-26)4-3-5-23(31)18-14-24-25(15-19(18)27)34-11-10-33-24/h6-7,13-16,22H,3-5,8-12H2,1-2H3,(H,28,29)/t16-,22-/m1/s1. The molecule has 2 aliphatic rings. The van der Waals surface area contributed by atoms with Gasteiger partial charge in [-0.1, -0.05) is 11.6 Å². The lowest BCUT2D eigenvalue weighted by Gasteiger charge is -2.36. The van der Waals surface area contributed by atoms with Crippen LogP contribution in [0.15, 0.2) is 30.3 Å². The number of H-pyrrole nitrogens is 1. The molecule has 7 nitrogen and oxygen atoms in total. The summed E-state index contributed by atoms with van der Waals surface area (Å²) in [4.78, 5) is 23.6. The normalized spacial score (nSPS) is 20.4. The van der Waals surface area contributed by atoms with Gasteiger partial charge < -0.3 is 19.2 Å². The van der Waals surface area contributed by atoms with Crippen LogP contribution in [-0.4, -0.2) is 54.6 Å². The van der Waals surface area contributed by atoms with E-state index in [1.165, 1.54) is 0 Å². The maximum absolute atomic E-state index is 12.9. The van der Waals surface area contributed by atoms with E-state index in [1.54, 1.807) is 19.2 Å². The Kier molecular flexibility index (Phi) is 6.66. The van der Waals surface area contributed by atoms with E-state index >= 15 is 0 Å². The van der Waals surface area contributed by atoms with E-state index in [-0.39, 0.29) is 11.8 Å². The van der Waals surface area contributed by atoms with Crippen molar-refractivity contribution < 1.29 is 19.0 Å². The Hall–Kier alpha value is -2.77. The van der Waals surface area contributed by atoms with Crippen LogP contribution in [-0.2, 0) is 0 Å². The smallest absolute Gasteiger partial charge is 0.164 e. The number of aromatic amines is 1. The first kappa shape index (κ1) is 23.0. The van der Waals surface area contributed by atoms with E-state index in [0.29, 0.717) is 47.6 Å². The second kappa shape index (κ2) is 9.84. The quantitative estimate of drug-likeness (QED) is 0.451. The number of nitrogens with zero attached hydrogens (tertiary/aromatic N) is 2. The van der Waals surface area contributed by atoms with Gasteiger partial charge in [0.15, 0.2) is 17.3 Å². The number of rotatable bonds is 7. The molecule has 1 aromatic heterocycles. The summed E-state index contributed by atoms with van der Waals surface area (Å²) in [6, 6.07) is 9.56. The lowest BCUT2D eigenvalue weighted by atomic mass is 9.86. The molecule has 0 saturated carbocycles.